The lowest BCUT2D eigenvalue weighted by Gasteiger charge is -2.11. The maximum absolute atomic E-state index is 12.6. The van der Waals surface area contributed by atoms with E-state index in [1.165, 1.54) is 0 Å². The van der Waals surface area contributed by atoms with E-state index in [-0.39, 0.29) is 5.91 Å². The molecule has 152 valence electrons. The third-order valence-electron chi connectivity index (χ3n) is 4.98. The Bertz CT molecular complexity index is 1180. The van der Waals surface area contributed by atoms with Crippen LogP contribution < -0.4 is 10.1 Å². The number of nitrogens with one attached hydrogen (secondary N) is 2. The molecule has 0 aliphatic rings. The molecule has 6 heteroatoms. The molecule has 0 radical (unpaired) electrons. The zero-order chi connectivity index (χ0) is 21.1. The highest BCUT2D eigenvalue weighted by molar-refractivity contribution is 7.98. The Hall–Kier alpha value is -3.25. The van der Waals surface area contributed by atoms with Crippen molar-refractivity contribution in [3.63, 3.8) is 0 Å². The lowest BCUT2D eigenvalue weighted by Crippen LogP contribution is -2.13. The van der Waals surface area contributed by atoms with E-state index in [2.05, 4.69) is 15.3 Å². The zero-order valence-corrected chi connectivity index (χ0v) is 18.0. The molecule has 0 saturated heterocycles. The van der Waals surface area contributed by atoms with E-state index in [0.717, 1.165) is 50.1 Å². The van der Waals surface area contributed by atoms with Gasteiger partial charge in [0.1, 0.15) is 5.75 Å². The fourth-order valence-electron chi connectivity index (χ4n) is 3.26. The van der Waals surface area contributed by atoms with Gasteiger partial charge in [0.15, 0.2) is 5.16 Å². The Morgan fingerprint density at radius 1 is 1.07 bits per heavy atom. The maximum Gasteiger partial charge on any atom is 0.255 e. The van der Waals surface area contributed by atoms with Crippen molar-refractivity contribution in [3.05, 3.63) is 82.9 Å². The number of anilines is 1. The Balaban J connectivity index is 1.40. The summed E-state index contributed by atoms with van der Waals surface area (Å²) >= 11 is 1.63. The quantitative estimate of drug-likeness (QED) is 0.393. The molecule has 0 atom stereocenters. The number of carbonyl (C=O) groups excluding carboxylic acids is 1. The van der Waals surface area contributed by atoms with Crippen molar-refractivity contribution in [2.24, 2.45) is 0 Å². The summed E-state index contributed by atoms with van der Waals surface area (Å²) in [5.74, 6) is 1.46. The van der Waals surface area contributed by atoms with Crippen molar-refractivity contribution in [2.45, 2.75) is 24.8 Å². The largest absolute Gasteiger partial charge is 0.497 e. The average Bonchev–Trinajstić information content (AvgIpc) is 3.17. The average molecular weight is 418 g/mol. The lowest BCUT2D eigenvalue weighted by atomic mass is 10.1. The Labute approximate surface area is 179 Å². The van der Waals surface area contributed by atoms with Crippen LogP contribution in [-0.2, 0) is 5.75 Å². The van der Waals surface area contributed by atoms with Crippen molar-refractivity contribution in [1.82, 2.24) is 9.97 Å². The molecule has 0 aliphatic heterocycles. The molecule has 30 heavy (non-hydrogen) atoms. The zero-order valence-electron chi connectivity index (χ0n) is 17.2. The van der Waals surface area contributed by atoms with Crippen molar-refractivity contribution >= 4 is 34.4 Å². The van der Waals surface area contributed by atoms with Gasteiger partial charge in [-0.25, -0.2) is 4.98 Å². The molecule has 0 aliphatic carbocycles. The highest BCUT2D eigenvalue weighted by Crippen LogP contribution is 2.26. The molecule has 3 aromatic carbocycles. The smallest absolute Gasteiger partial charge is 0.255 e. The van der Waals surface area contributed by atoms with Gasteiger partial charge in [0.05, 0.1) is 18.1 Å². The first-order chi connectivity index (χ1) is 14.5. The molecule has 0 unspecified atom stereocenters. The van der Waals surface area contributed by atoms with Crippen LogP contribution in [0.2, 0.25) is 0 Å². The fraction of sp³-hybridized carbons (Fsp3) is 0.167. The Morgan fingerprint density at radius 3 is 2.50 bits per heavy atom. The lowest BCUT2D eigenvalue weighted by molar-refractivity contribution is 0.102. The number of methoxy groups -OCH3 is 1. The van der Waals surface area contributed by atoms with Crippen molar-refractivity contribution in [1.29, 1.82) is 0 Å². The standard InChI is InChI=1S/C24H23N3O2S/c1-15-5-4-6-16(2)22(15)27-23(28)18-9-7-17(8-10-18)14-30-24-25-20-12-11-19(29-3)13-21(20)26-24/h4-13H,14H2,1-3H3,(H,25,26)(H,27,28). The minimum atomic E-state index is -0.0992. The summed E-state index contributed by atoms with van der Waals surface area (Å²) in [5, 5.41) is 3.88. The summed E-state index contributed by atoms with van der Waals surface area (Å²) in [7, 11) is 1.65. The minimum absolute atomic E-state index is 0.0992. The molecular formula is C24H23N3O2S. The van der Waals surface area contributed by atoms with E-state index in [4.69, 9.17) is 4.74 Å². The summed E-state index contributed by atoms with van der Waals surface area (Å²) in [6.07, 6.45) is 0. The topological polar surface area (TPSA) is 67.0 Å². The van der Waals surface area contributed by atoms with Crippen LogP contribution in [0.4, 0.5) is 5.69 Å². The van der Waals surface area contributed by atoms with Crippen molar-refractivity contribution < 1.29 is 9.53 Å². The predicted octanol–water partition coefficient (Wildman–Crippen LogP) is 5.73. The molecule has 1 amide bonds. The minimum Gasteiger partial charge on any atom is -0.497 e. The van der Waals surface area contributed by atoms with E-state index in [9.17, 15) is 4.79 Å². The van der Waals surface area contributed by atoms with E-state index in [1.807, 2.05) is 74.5 Å². The molecule has 4 aromatic rings. The van der Waals surface area contributed by atoms with Gasteiger partial charge in [-0.2, -0.15) is 0 Å². The second-order valence-electron chi connectivity index (χ2n) is 7.13. The van der Waals surface area contributed by atoms with E-state index in [0.29, 0.717) is 5.56 Å². The predicted molar refractivity (Wildman–Crippen MR) is 123 cm³/mol. The van der Waals surface area contributed by atoms with Crippen LogP contribution >= 0.6 is 11.8 Å². The number of thioether (sulfide) groups is 1. The fourth-order valence-corrected chi connectivity index (χ4v) is 4.10. The van der Waals surface area contributed by atoms with Gasteiger partial charge in [-0.1, -0.05) is 42.1 Å². The van der Waals surface area contributed by atoms with Crippen LogP contribution in [-0.4, -0.2) is 23.0 Å². The molecule has 0 saturated carbocycles. The number of aryl methyl sites for hydroxylation is 2. The number of aromatic amines is 1. The van der Waals surface area contributed by atoms with Gasteiger partial charge in [0, 0.05) is 23.1 Å². The molecule has 1 aromatic heterocycles. The summed E-state index contributed by atoms with van der Waals surface area (Å²) in [5.41, 5.74) is 6.62. The number of aromatic nitrogens is 2. The highest BCUT2D eigenvalue weighted by Gasteiger charge is 2.10. The number of para-hydroxylation sites is 1. The second kappa shape index (κ2) is 8.63. The van der Waals surface area contributed by atoms with Crippen LogP contribution in [0.25, 0.3) is 11.0 Å². The van der Waals surface area contributed by atoms with Gasteiger partial charge < -0.3 is 15.0 Å². The first-order valence-electron chi connectivity index (χ1n) is 9.66. The van der Waals surface area contributed by atoms with E-state index < -0.39 is 0 Å². The molecular weight excluding hydrogens is 394 g/mol. The normalized spacial score (nSPS) is 10.9. The number of benzene rings is 3. The maximum atomic E-state index is 12.6. The first kappa shape index (κ1) is 20.0. The van der Waals surface area contributed by atoms with Crippen molar-refractivity contribution in [2.75, 3.05) is 12.4 Å². The number of fused-ring (bicyclic) bond motifs is 1. The Morgan fingerprint density at radius 2 is 1.80 bits per heavy atom. The highest BCUT2D eigenvalue weighted by atomic mass is 32.2. The first-order valence-corrected chi connectivity index (χ1v) is 10.6. The molecule has 2 N–H and O–H groups in total. The van der Waals surface area contributed by atoms with E-state index in [1.54, 1.807) is 18.9 Å². The SMILES string of the molecule is COc1ccc2nc(SCc3ccc(C(=O)Nc4c(C)cccc4C)cc3)[nH]c2c1. The molecule has 1 heterocycles. The molecule has 0 spiro atoms. The Kier molecular flexibility index (Phi) is 5.77. The van der Waals surface area contributed by atoms with Crippen LogP contribution in [0.1, 0.15) is 27.0 Å². The van der Waals surface area contributed by atoms with Crippen molar-refractivity contribution in [3.8, 4) is 5.75 Å². The van der Waals surface area contributed by atoms with Crippen LogP contribution in [0, 0.1) is 13.8 Å². The third-order valence-corrected chi connectivity index (χ3v) is 5.92. The van der Waals surface area contributed by atoms with Crippen LogP contribution in [0.15, 0.2) is 65.8 Å². The van der Waals surface area contributed by atoms with Gasteiger partial charge in [0.2, 0.25) is 0 Å². The number of H-pyrrole nitrogens is 1. The molecule has 4 rings (SSSR count). The summed E-state index contributed by atoms with van der Waals surface area (Å²) in [6, 6.07) is 19.5. The van der Waals surface area contributed by atoms with Gasteiger partial charge in [-0.3, -0.25) is 4.79 Å². The number of ether oxygens (including phenoxy) is 1. The molecule has 5 nitrogen and oxygen atoms in total. The summed E-state index contributed by atoms with van der Waals surface area (Å²) in [4.78, 5) is 20.5. The second-order valence-corrected chi connectivity index (χ2v) is 8.10. The van der Waals surface area contributed by atoms with Gasteiger partial charge >= 0.3 is 0 Å². The van der Waals surface area contributed by atoms with Gasteiger partial charge in [0.25, 0.3) is 5.91 Å². The molecule has 0 fully saturated rings. The van der Waals surface area contributed by atoms with Crippen LogP contribution in [0.3, 0.4) is 0 Å². The number of imidazole rings is 1. The number of carbonyl (C=O) groups is 1. The number of hydrogen-bond donors (Lipinski definition) is 2. The van der Waals surface area contributed by atoms with E-state index >= 15 is 0 Å². The van der Waals surface area contributed by atoms with Gasteiger partial charge in [-0.05, 0) is 54.8 Å². The number of amides is 1. The monoisotopic (exact) mass is 417 g/mol. The summed E-state index contributed by atoms with van der Waals surface area (Å²) in [6.45, 7) is 3.99. The third kappa shape index (κ3) is 4.33. The van der Waals surface area contributed by atoms with Crippen LogP contribution in [0.5, 0.6) is 5.75 Å². The number of rotatable bonds is 6. The summed E-state index contributed by atoms with van der Waals surface area (Å²) < 4.78 is 5.25. The number of nitrogens with zero attached hydrogens (tertiary/aromatic N) is 1. The molecule has 0 bridgehead atoms. The number of hydrogen-bond acceptors (Lipinski definition) is 4. The van der Waals surface area contributed by atoms with Gasteiger partial charge in [-0.15, -0.1) is 0 Å².